The van der Waals surface area contributed by atoms with Crippen LogP contribution in [0.2, 0.25) is 0 Å². The van der Waals surface area contributed by atoms with Gasteiger partial charge in [-0.2, -0.15) is 4.98 Å². The Bertz CT molecular complexity index is 561. The first-order valence-electron chi connectivity index (χ1n) is 6.95. The fourth-order valence-electron chi connectivity index (χ4n) is 2.04. The van der Waals surface area contributed by atoms with Crippen LogP contribution in [0.15, 0.2) is 22.7 Å². The maximum Gasteiger partial charge on any atom is 0.229 e. The van der Waals surface area contributed by atoms with E-state index in [9.17, 15) is 0 Å². The van der Waals surface area contributed by atoms with E-state index in [4.69, 9.17) is 19.7 Å². The third-order valence-corrected chi connectivity index (χ3v) is 3.31. The minimum absolute atomic E-state index is 0.197. The third kappa shape index (κ3) is 3.72. The van der Waals surface area contributed by atoms with Crippen LogP contribution in [0, 0.1) is 0 Å². The lowest BCUT2D eigenvalue weighted by Gasteiger charge is -2.06. The highest BCUT2D eigenvalue weighted by molar-refractivity contribution is 5.60. The number of ether oxygens (including phenoxy) is 2. The molecule has 2 rings (SSSR count). The lowest BCUT2D eigenvalue weighted by molar-refractivity contribution is 0.352. The number of methoxy groups -OCH3 is 2. The summed E-state index contributed by atoms with van der Waals surface area (Å²) < 4.78 is 15.8. The van der Waals surface area contributed by atoms with E-state index in [1.807, 2.05) is 12.1 Å². The van der Waals surface area contributed by atoms with Gasteiger partial charge in [0.1, 0.15) is 11.5 Å². The van der Waals surface area contributed by atoms with Crippen LogP contribution in [-0.4, -0.2) is 30.9 Å². The molecule has 1 atom stereocenters. The van der Waals surface area contributed by atoms with E-state index >= 15 is 0 Å². The smallest absolute Gasteiger partial charge is 0.229 e. The molecule has 0 bridgehead atoms. The van der Waals surface area contributed by atoms with Crippen molar-refractivity contribution in [1.29, 1.82) is 0 Å². The zero-order valence-corrected chi connectivity index (χ0v) is 12.6. The highest BCUT2D eigenvalue weighted by atomic mass is 16.5. The molecule has 114 valence electrons. The molecule has 0 saturated carbocycles. The van der Waals surface area contributed by atoms with E-state index in [1.165, 1.54) is 0 Å². The molecule has 1 heterocycles. The van der Waals surface area contributed by atoms with Crippen molar-refractivity contribution in [2.24, 2.45) is 5.73 Å². The minimum Gasteiger partial charge on any atom is -0.497 e. The van der Waals surface area contributed by atoms with Crippen LogP contribution in [-0.2, 0) is 0 Å². The molecule has 0 amide bonds. The Kier molecular flexibility index (Phi) is 5.16. The molecule has 6 heteroatoms. The first-order valence-corrected chi connectivity index (χ1v) is 6.95. The van der Waals surface area contributed by atoms with E-state index in [2.05, 4.69) is 17.1 Å². The Morgan fingerprint density at radius 1 is 1.19 bits per heavy atom. The molecule has 2 aromatic rings. The van der Waals surface area contributed by atoms with E-state index in [0.717, 1.165) is 18.4 Å². The average Bonchev–Trinajstić information content (AvgIpc) is 3.02. The van der Waals surface area contributed by atoms with Crippen LogP contribution in [0.4, 0.5) is 0 Å². The second-order valence-corrected chi connectivity index (χ2v) is 4.89. The van der Waals surface area contributed by atoms with Crippen molar-refractivity contribution >= 4 is 0 Å². The zero-order valence-electron chi connectivity index (χ0n) is 12.6. The fourth-order valence-corrected chi connectivity index (χ4v) is 2.04. The summed E-state index contributed by atoms with van der Waals surface area (Å²) in [5.74, 6) is 2.73. The summed E-state index contributed by atoms with van der Waals surface area (Å²) in [6.07, 6.45) is 1.87. The van der Waals surface area contributed by atoms with Gasteiger partial charge in [-0.1, -0.05) is 12.1 Å². The number of nitrogens with zero attached hydrogens (tertiary/aromatic N) is 2. The van der Waals surface area contributed by atoms with Gasteiger partial charge in [0, 0.05) is 17.5 Å². The third-order valence-electron chi connectivity index (χ3n) is 3.31. The molecule has 2 N–H and O–H groups in total. The van der Waals surface area contributed by atoms with Crippen molar-refractivity contribution in [2.75, 3.05) is 20.8 Å². The van der Waals surface area contributed by atoms with E-state index < -0.39 is 0 Å². The summed E-state index contributed by atoms with van der Waals surface area (Å²) in [6, 6.07) is 5.50. The fraction of sp³-hybridized carbons (Fsp3) is 0.467. The van der Waals surface area contributed by atoms with Crippen molar-refractivity contribution < 1.29 is 14.0 Å². The van der Waals surface area contributed by atoms with Gasteiger partial charge in [-0.05, 0) is 31.5 Å². The molecule has 1 unspecified atom stereocenters. The van der Waals surface area contributed by atoms with Gasteiger partial charge in [-0.3, -0.25) is 0 Å². The van der Waals surface area contributed by atoms with E-state index in [1.54, 1.807) is 20.3 Å². The molecule has 0 aliphatic carbocycles. The molecule has 0 radical (unpaired) electrons. The Morgan fingerprint density at radius 2 is 1.86 bits per heavy atom. The van der Waals surface area contributed by atoms with Gasteiger partial charge in [-0.15, -0.1) is 0 Å². The molecule has 0 aliphatic rings. The number of hydrogen-bond donors (Lipinski definition) is 1. The number of benzene rings is 1. The maximum atomic E-state index is 5.52. The van der Waals surface area contributed by atoms with Gasteiger partial charge in [0.2, 0.25) is 11.7 Å². The lowest BCUT2D eigenvalue weighted by atomic mass is 10.1. The largest absolute Gasteiger partial charge is 0.497 e. The normalized spacial score (nSPS) is 12.2. The SMILES string of the molecule is COc1cc(OC)cc(-c2noc(C(C)CCCN)n2)c1. The van der Waals surface area contributed by atoms with Gasteiger partial charge >= 0.3 is 0 Å². The van der Waals surface area contributed by atoms with E-state index in [-0.39, 0.29) is 5.92 Å². The Balaban J connectivity index is 2.24. The first kappa shape index (κ1) is 15.3. The molecular weight excluding hydrogens is 270 g/mol. The average molecular weight is 291 g/mol. The predicted molar refractivity (Wildman–Crippen MR) is 79.5 cm³/mol. The van der Waals surface area contributed by atoms with Crippen molar-refractivity contribution in [3.8, 4) is 22.9 Å². The number of hydrogen-bond acceptors (Lipinski definition) is 6. The van der Waals surface area contributed by atoms with Crippen LogP contribution >= 0.6 is 0 Å². The number of nitrogens with two attached hydrogens (primary N) is 1. The second kappa shape index (κ2) is 7.08. The summed E-state index contributed by atoms with van der Waals surface area (Å²) in [6.45, 7) is 2.72. The molecular formula is C15H21N3O3. The molecule has 6 nitrogen and oxygen atoms in total. The molecule has 0 aliphatic heterocycles. The second-order valence-electron chi connectivity index (χ2n) is 4.89. The Hall–Kier alpha value is -2.08. The summed E-state index contributed by atoms with van der Waals surface area (Å²) in [4.78, 5) is 4.45. The van der Waals surface area contributed by atoms with Crippen molar-refractivity contribution in [3.63, 3.8) is 0 Å². The zero-order chi connectivity index (χ0) is 15.2. The standard InChI is InChI=1S/C15H21N3O3/c1-10(5-4-6-16)15-17-14(18-21-15)11-7-12(19-2)9-13(8-11)20-3/h7-10H,4-6,16H2,1-3H3. The van der Waals surface area contributed by atoms with Crippen LogP contribution in [0.25, 0.3) is 11.4 Å². The van der Waals surface area contributed by atoms with Crippen LogP contribution < -0.4 is 15.2 Å². The van der Waals surface area contributed by atoms with Crippen molar-refractivity contribution in [1.82, 2.24) is 10.1 Å². The van der Waals surface area contributed by atoms with Crippen LogP contribution in [0.3, 0.4) is 0 Å². The monoisotopic (exact) mass is 291 g/mol. The minimum atomic E-state index is 0.197. The Labute approximate surface area is 124 Å². The molecule has 0 saturated heterocycles. The van der Waals surface area contributed by atoms with Gasteiger partial charge in [0.25, 0.3) is 0 Å². The lowest BCUT2D eigenvalue weighted by Crippen LogP contribution is -2.02. The van der Waals surface area contributed by atoms with Crippen LogP contribution in [0.1, 0.15) is 31.6 Å². The predicted octanol–water partition coefficient (Wildman–Crippen LogP) is 2.60. The summed E-state index contributed by atoms with van der Waals surface area (Å²) in [5.41, 5.74) is 6.32. The summed E-state index contributed by atoms with van der Waals surface area (Å²) in [5, 5.41) is 4.04. The highest BCUT2D eigenvalue weighted by Crippen LogP contribution is 2.29. The Morgan fingerprint density at radius 3 is 2.43 bits per heavy atom. The molecule has 0 fully saturated rings. The summed E-state index contributed by atoms with van der Waals surface area (Å²) in [7, 11) is 3.21. The van der Waals surface area contributed by atoms with Gasteiger partial charge < -0.3 is 19.7 Å². The molecule has 0 spiro atoms. The van der Waals surface area contributed by atoms with E-state index in [0.29, 0.717) is 29.8 Å². The quantitative estimate of drug-likeness (QED) is 0.844. The first-order chi connectivity index (χ1) is 10.2. The number of aromatic nitrogens is 2. The van der Waals surface area contributed by atoms with Gasteiger partial charge in [-0.25, -0.2) is 0 Å². The van der Waals surface area contributed by atoms with Gasteiger partial charge in [0.15, 0.2) is 0 Å². The number of rotatable bonds is 7. The molecule has 21 heavy (non-hydrogen) atoms. The molecule has 1 aromatic carbocycles. The van der Waals surface area contributed by atoms with Crippen molar-refractivity contribution in [3.05, 3.63) is 24.1 Å². The molecule has 1 aromatic heterocycles. The maximum absolute atomic E-state index is 5.52. The highest BCUT2D eigenvalue weighted by Gasteiger charge is 2.16. The van der Waals surface area contributed by atoms with Crippen LogP contribution in [0.5, 0.6) is 11.5 Å². The topological polar surface area (TPSA) is 83.4 Å². The van der Waals surface area contributed by atoms with Crippen molar-refractivity contribution in [2.45, 2.75) is 25.7 Å². The van der Waals surface area contributed by atoms with Gasteiger partial charge in [0.05, 0.1) is 14.2 Å². The summed E-state index contributed by atoms with van der Waals surface area (Å²) >= 11 is 0.